The van der Waals surface area contributed by atoms with E-state index in [-0.39, 0.29) is 13.2 Å². The lowest BCUT2D eigenvalue weighted by Gasteiger charge is -2.15. The van der Waals surface area contributed by atoms with Crippen molar-refractivity contribution in [1.82, 2.24) is 9.55 Å². The number of hydrogen-bond donors (Lipinski definition) is 3. The van der Waals surface area contributed by atoms with Crippen LogP contribution in [0.4, 0.5) is 5.69 Å². The fourth-order valence-electron chi connectivity index (χ4n) is 1.88. The fourth-order valence-corrected chi connectivity index (χ4v) is 1.88. The molecule has 2 aromatic rings. The quantitative estimate of drug-likeness (QED) is 0.694. The number of aromatic nitrogens is 2. The van der Waals surface area contributed by atoms with Crippen molar-refractivity contribution in [3.63, 3.8) is 0 Å². The van der Waals surface area contributed by atoms with Gasteiger partial charge in [-0.2, -0.15) is 0 Å². The molecule has 1 heterocycles. The minimum absolute atomic E-state index is 0.265. The summed E-state index contributed by atoms with van der Waals surface area (Å²) in [4.78, 5) is 4.01. The highest BCUT2D eigenvalue weighted by Crippen LogP contribution is 2.25. The second-order valence-electron chi connectivity index (χ2n) is 4.49. The average molecular weight is 277 g/mol. The molecule has 6 heteroatoms. The topological polar surface area (TPSA) is 79.5 Å². The van der Waals surface area contributed by atoms with Crippen LogP contribution in [0.2, 0.25) is 0 Å². The first kappa shape index (κ1) is 14.4. The normalized spacial score (nSPS) is 12.2. The monoisotopic (exact) mass is 277 g/mol. The Labute approximate surface area is 117 Å². The number of aliphatic hydroxyl groups excluding tert-OH is 2. The molecule has 1 unspecified atom stereocenters. The highest BCUT2D eigenvalue weighted by atomic mass is 16.5. The number of benzene rings is 1. The van der Waals surface area contributed by atoms with E-state index in [1.54, 1.807) is 19.6 Å². The van der Waals surface area contributed by atoms with Gasteiger partial charge in [0.05, 0.1) is 31.8 Å². The van der Waals surface area contributed by atoms with Gasteiger partial charge in [0.2, 0.25) is 0 Å². The summed E-state index contributed by atoms with van der Waals surface area (Å²) >= 11 is 0. The van der Waals surface area contributed by atoms with Crippen molar-refractivity contribution in [2.24, 2.45) is 0 Å². The summed E-state index contributed by atoms with van der Waals surface area (Å²) in [7, 11) is 1.60. The maximum atomic E-state index is 9.39. The van der Waals surface area contributed by atoms with Gasteiger partial charge in [0, 0.05) is 25.5 Å². The molecule has 20 heavy (non-hydrogen) atoms. The van der Waals surface area contributed by atoms with Crippen LogP contribution in [-0.4, -0.2) is 46.1 Å². The minimum atomic E-state index is -0.794. The molecule has 0 amide bonds. The van der Waals surface area contributed by atoms with Gasteiger partial charge < -0.3 is 24.8 Å². The summed E-state index contributed by atoms with van der Waals surface area (Å²) in [6.07, 6.45) is 4.59. The first-order valence-corrected chi connectivity index (χ1v) is 6.38. The number of methoxy groups -OCH3 is 1. The van der Waals surface area contributed by atoms with Crippen LogP contribution in [0.25, 0.3) is 0 Å². The fraction of sp³-hybridized carbons (Fsp3) is 0.357. The third-order valence-electron chi connectivity index (χ3n) is 2.93. The summed E-state index contributed by atoms with van der Waals surface area (Å²) < 4.78 is 7.24. The van der Waals surface area contributed by atoms with Crippen LogP contribution >= 0.6 is 0 Å². The molecule has 0 fully saturated rings. The number of hydrogen-bond acceptors (Lipinski definition) is 5. The van der Waals surface area contributed by atoms with Crippen LogP contribution in [0, 0.1) is 0 Å². The van der Waals surface area contributed by atoms with Crippen LogP contribution in [0.15, 0.2) is 36.9 Å². The Morgan fingerprint density at radius 2 is 2.30 bits per heavy atom. The summed E-state index contributed by atoms with van der Waals surface area (Å²) in [6, 6.07) is 5.81. The van der Waals surface area contributed by atoms with E-state index < -0.39 is 6.10 Å². The maximum Gasteiger partial charge on any atom is 0.141 e. The van der Waals surface area contributed by atoms with E-state index in [1.807, 2.05) is 29.0 Å². The van der Waals surface area contributed by atoms with Gasteiger partial charge in [-0.05, 0) is 17.7 Å². The third-order valence-corrected chi connectivity index (χ3v) is 2.93. The van der Waals surface area contributed by atoms with Crippen molar-refractivity contribution in [1.29, 1.82) is 0 Å². The largest absolute Gasteiger partial charge is 0.495 e. The number of imidazole rings is 1. The summed E-state index contributed by atoms with van der Waals surface area (Å²) in [5, 5.41) is 21.3. The van der Waals surface area contributed by atoms with E-state index in [1.165, 1.54) is 0 Å². The van der Waals surface area contributed by atoms with Crippen molar-refractivity contribution in [3.8, 4) is 5.75 Å². The van der Waals surface area contributed by atoms with E-state index in [9.17, 15) is 5.11 Å². The van der Waals surface area contributed by atoms with E-state index >= 15 is 0 Å². The lowest BCUT2D eigenvalue weighted by Crippen LogP contribution is -2.23. The van der Waals surface area contributed by atoms with Crippen molar-refractivity contribution in [3.05, 3.63) is 42.5 Å². The molecule has 0 radical (unpaired) electrons. The van der Waals surface area contributed by atoms with Gasteiger partial charge in [-0.25, -0.2) is 4.98 Å². The number of rotatable bonds is 7. The molecule has 0 saturated carbocycles. The van der Waals surface area contributed by atoms with Gasteiger partial charge >= 0.3 is 0 Å². The molecular weight excluding hydrogens is 258 g/mol. The van der Waals surface area contributed by atoms with Gasteiger partial charge in [0.25, 0.3) is 0 Å². The average Bonchev–Trinajstić information content (AvgIpc) is 2.97. The molecule has 0 aliphatic rings. The highest BCUT2D eigenvalue weighted by molar-refractivity contribution is 5.58. The smallest absolute Gasteiger partial charge is 0.141 e. The van der Waals surface area contributed by atoms with Crippen molar-refractivity contribution in [2.75, 3.05) is 25.6 Å². The SMILES string of the molecule is COc1ccc(Cn2ccnc2)cc1NCC(O)CO. The third kappa shape index (κ3) is 3.72. The molecular formula is C14H19N3O3. The van der Waals surface area contributed by atoms with Gasteiger partial charge in [-0.3, -0.25) is 0 Å². The Balaban J connectivity index is 2.11. The van der Waals surface area contributed by atoms with Crippen molar-refractivity contribution >= 4 is 5.69 Å². The van der Waals surface area contributed by atoms with Gasteiger partial charge in [-0.15, -0.1) is 0 Å². The highest BCUT2D eigenvalue weighted by Gasteiger charge is 2.07. The molecule has 1 atom stereocenters. The van der Waals surface area contributed by atoms with Crippen LogP contribution in [0.3, 0.4) is 0 Å². The minimum Gasteiger partial charge on any atom is -0.495 e. The number of ether oxygens (including phenoxy) is 1. The molecule has 0 aliphatic heterocycles. The first-order valence-electron chi connectivity index (χ1n) is 6.38. The Morgan fingerprint density at radius 3 is 2.95 bits per heavy atom. The summed E-state index contributed by atoms with van der Waals surface area (Å²) in [5.41, 5.74) is 1.88. The standard InChI is InChI=1S/C14H19N3O3/c1-20-14-3-2-11(8-17-5-4-15-10-17)6-13(14)16-7-12(19)9-18/h2-6,10,12,16,18-19H,7-9H2,1H3. The number of nitrogens with one attached hydrogen (secondary N) is 1. The second-order valence-corrected chi connectivity index (χ2v) is 4.49. The Bertz CT molecular complexity index is 528. The van der Waals surface area contributed by atoms with Crippen molar-refractivity contribution in [2.45, 2.75) is 12.6 Å². The predicted molar refractivity (Wildman–Crippen MR) is 75.9 cm³/mol. The summed E-state index contributed by atoms with van der Waals surface area (Å²) in [5.74, 6) is 0.699. The van der Waals surface area contributed by atoms with E-state index in [4.69, 9.17) is 9.84 Å². The van der Waals surface area contributed by atoms with Crippen LogP contribution < -0.4 is 10.1 Å². The van der Waals surface area contributed by atoms with Crippen LogP contribution in [0.1, 0.15) is 5.56 Å². The molecule has 0 aliphatic carbocycles. The number of anilines is 1. The van der Waals surface area contributed by atoms with Crippen molar-refractivity contribution < 1.29 is 14.9 Å². The number of aliphatic hydroxyl groups is 2. The van der Waals surface area contributed by atoms with Crippen LogP contribution in [-0.2, 0) is 6.54 Å². The molecule has 1 aromatic carbocycles. The maximum absolute atomic E-state index is 9.39. The van der Waals surface area contributed by atoms with Gasteiger partial charge in [0.1, 0.15) is 5.75 Å². The van der Waals surface area contributed by atoms with E-state index in [2.05, 4.69) is 10.3 Å². The number of nitrogens with zero attached hydrogens (tertiary/aromatic N) is 2. The van der Waals surface area contributed by atoms with Gasteiger partial charge in [0.15, 0.2) is 0 Å². The zero-order chi connectivity index (χ0) is 14.4. The molecule has 6 nitrogen and oxygen atoms in total. The van der Waals surface area contributed by atoms with Crippen LogP contribution in [0.5, 0.6) is 5.75 Å². The summed E-state index contributed by atoms with van der Waals surface area (Å²) in [6.45, 7) is 0.701. The Morgan fingerprint density at radius 1 is 1.45 bits per heavy atom. The van der Waals surface area contributed by atoms with E-state index in [0.29, 0.717) is 12.3 Å². The lowest BCUT2D eigenvalue weighted by atomic mass is 10.1. The molecule has 3 N–H and O–H groups in total. The molecule has 108 valence electrons. The predicted octanol–water partition coefficient (Wildman–Crippen LogP) is 0.705. The first-order chi connectivity index (χ1) is 9.72. The van der Waals surface area contributed by atoms with E-state index in [0.717, 1.165) is 11.3 Å². The molecule has 2 rings (SSSR count). The Kier molecular flexibility index (Phi) is 4.97. The molecule has 0 bridgehead atoms. The lowest BCUT2D eigenvalue weighted by molar-refractivity contribution is 0.105. The second kappa shape index (κ2) is 6.93. The molecule has 0 spiro atoms. The zero-order valence-electron chi connectivity index (χ0n) is 11.4. The zero-order valence-corrected chi connectivity index (χ0v) is 11.4. The van der Waals surface area contributed by atoms with Gasteiger partial charge in [-0.1, -0.05) is 6.07 Å². The molecule has 1 aromatic heterocycles. The Hall–Kier alpha value is -2.05. The molecule has 0 saturated heterocycles.